The van der Waals surface area contributed by atoms with Gasteiger partial charge in [0, 0.05) is 11.3 Å². The number of hydrogen-bond donors (Lipinski definition) is 1. The SMILES string of the molecule is CCCCCCCC/C=C(/CCCCCCCC(=O)O)S(=O)(=O)[O-].[Na+]. The zero-order valence-electron chi connectivity index (χ0n) is 16.0. The molecule has 0 aliphatic carbocycles. The zero-order chi connectivity index (χ0) is 18.3. The summed E-state index contributed by atoms with van der Waals surface area (Å²) in [4.78, 5) is 10.4. The van der Waals surface area contributed by atoms with E-state index >= 15 is 0 Å². The Bertz CT molecular complexity index is 460. The van der Waals surface area contributed by atoms with Gasteiger partial charge >= 0.3 is 35.5 Å². The summed E-state index contributed by atoms with van der Waals surface area (Å²) in [6.07, 6.45) is 13.4. The van der Waals surface area contributed by atoms with Gasteiger partial charge in [0.25, 0.3) is 0 Å². The number of carbonyl (C=O) groups is 1. The van der Waals surface area contributed by atoms with Crippen molar-refractivity contribution < 1.29 is 52.4 Å². The maximum atomic E-state index is 11.3. The Balaban J connectivity index is 0. The Kier molecular flexibility index (Phi) is 19.2. The van der Waals surface area contributed by atoms with Crippen molar-refractivity contribution in [2.45, 2.75) is 96.8 Å². The second kappa shape index (κ2) is 17.5. The molecule has 25 heavy (non-hydrogen) atoms. The summed E-state index contributed by atoms with van der Waals surface area (Å²) in [5.74, 6) is -0.785. The standard InChI is InChI=1S/C18H34O5S.Na/c1-2-3-4-5-6-8-11-14-17(24(21,22)23)15-12-9-7-10-13-16-18(19)20;/h14H,2-13,15-16H2,1H3,(H,19,20)(H,21,22,23);/q;+1/p-1/b17-14-;. The van der Waals surface area contributed by atoms with Crippen molar-refractivity contribution >= 4 is 16.1 Å². The second-order valence-corrected chi connectivity index (χ2v) is 7.78. The quantitative estimate of drug-likeness (QED) is 0.249. The number of carboxylic acid groups (broad SMARTS) is 1. The predicted molar refractivity (Wildman–Crippen MR) is 95.7 cm³/mol. The van der Waals surface area contributed by atoms with Crippen LogP contribution in [0.1, 0.15) is 96.8 Å². The van der Waals surface area contributed by atoms with Crippen LogP contribution in [0.4, 0.5) is 0 Å². The van der Waals surface area contributed by atoms with Crippen LogP contribution in [0, 0.1) is 0 Å². The van der Waals surface area contributed by atoms with Gasteiger partial charge in [-0.25, -0.2) is 8.42 Å². The minimum Gasteiger partial charge on any atom is -0.744 e. The summed E-state index contributed by atoms with van der Waals surface area (Å²) < 4.78 is 33.9. The molecule has 0 unspecified atom stereocenters. The number of unbranched alkanes of at least 4 members (excludes halogenated alkanes) is 10. The molecule has 0 atom stereocenters. The van der Waals surface area contributed by atoms with Crippen LogP contribution in [-0.2, 0) is 14.9 Å². The average molecular weight is 385 g/mol. The van der Waals surface area contributed by atoms with Crippen LogP contribution < -0.4 is 29.6 Å². The van der Waals surface area contributed by atoms with Crippen molar-refractivity contribution in [3.63, 3.8) is 0 Å². The van der Waals surface area contributed by atoms with E-state index < -0.39 is 16.1 Å². The van der Waals surface area contributed by atoms with Crippen LogP contribution in [0.25, 0.3) is 0 Å². The fourth-order valence-corrected chi connectivity index (χ4v) is 3.34. The molecule has 0 rings (SSSR count). The van der Waals surface area contributed by atoms with Crippen molar-refractivity contribution in [3.05, 3.63) is 11.0 Å². The number of aliphatic carboxylic acids is 1. The number of hydrogen-bond acceptors (Lipinski definition) is 4. The van der Waals surface area contributed by atoms with Crippen LogP contribution in [-0.4, -0.2) is 24.0 Å². The van der Waals surface area contributed by atoms with E-state index in [9.17, 15) is 17.8 Å². The molecule has 142 valence electrons. The molecule has 0 radical (unpaired) electrons. The smallest absolute Gasteiger partial charge is 0.744 e. The van der Waals surface area contributed by atoms with Gasteiger partial charge in [0.1, 0.15) is 10.1 Å². The first-order chi connectivity index (χ1) is 11.4. The van der Waals surface area contributed by atoms with Crippen molar-refractivity contribution in [1.82, 2.24) is 0 Å². The molecule has 0 aliphatic heterocycles. The van der Waals surface area contributed by atoms with Gasteiger partial charge in [0.05, 0.1) is 0 Å². The molecule has 0 saturated heterocycles. The van der Waals surface area contributed by atoms with Gasteiger partial charge in [0.15, 0.2) is 0 Å². The molecule has 7 heteroatoms. The fourth-order valence-electron chi connectivity index (χ4n) is 2.62. The molecule has 0 aromatic heterocycles. The number of rotatable bonds is 16. The third-order valence-electron chi connectivity index (χ3n) is 4.06. The molecule has 0 aromatic carbocycles. The summed E-state index contributed by atoms with van der Waals surface area (Å²) in [6.45, 7) is 2.17. The van der Waals surface area contributed by atoms with E-state index in [0.717, 1.165) is 38.5 Å². The van der Waals surface area contributed by atoms with Crippen molar-refractivity contribution in [2.75, 3.05) is 0 Å². The average Bonchev–Trinajstić information content (AvgIpc) is 2.49. The number of carboxylic acids is 1. The van der Waals surface area contributed by atoms with Gasteiger partial charge in [-0.05, 0) is 32.1 Å². The summed E-state index contributed by atoms with van der Waals surface area (Å²) >= 11 is 0. The molecule has 5 nitrogen and oxygen atoms in total. The first-order valence-corrected chi connectivity index (χ1v) is 10.7. The molecule has 0 aliphatic rings. The molecule has 0 amide bonds. The van der Waals surface area contributed by atoms with E-state index in [2.05, 4.69) is 6.92 Å². The van der Waals surface area contributed by atoms with Crippen molar-refractivity contribution in [2.24, 2.45) is 0 Å². The molecule has 0 bridgehead atoms. The Labute approximate surface area is 175 Å². The Morgan fingerprint density at radius 3 is 1.88 bits per heavy atom. The van der Waals surface area contributed by atoms with Crippen molar-refractivity contribution in [3.8, 4) is 0 Å². The van der Waals surface area contributed by atoms with Gasteiger partial charge < -0.3 is 9.66 Å². The maximum absolute atomic E-state index is 11.3. The second-order valence-electron chi connectivity index (χ2n) is 6.34. The minimum atomic E-state index is -4.34. The minimum absolute atomic E-state index is 0. The van der Waals surface area contributed by atoms with E-state index in [1.54, 1.807) is 6.08 Å². The number of allylic oxidation sites excluding steroid dienone is 2. The van der Waals surface area contributed by atoms with E-state index in [1.165, 1.54) is 19.3 Å². The Morgan fingerprint density at radius 2 is 1.36 bits per heavy atom. The topological polar surface area (TPSA) is 94.5 Å². The van der Waals surface area contributed by atoms with Crippen LogP contribution in [0.2, 0.25) is 0 Å². The summed E-state index contributed by atoms with van der Waals surface area (Å²) in [6, 6.07) is 0. The van der Waals surface area contributed by atoms with Gasteiger partial charge in [-0.1, -0.05) is 64.4 Å². The maximum Gasteiger partial charge on any atom is 1.00 e. The molecule has 0 aromatic rings. The van der Waals surface area contributed by atoms with E-state index in [1.807, 2.05) is 0 Å². The van der Waals surface area contributed by atoms with E-state index in [-0.39, 0.29) is 40.9 Å². The molecule has 1 N–H and O–H groups in total. The normalized spacial score (nSPS) is 12.0. The summed E-state index contributed by atoms with van der Waals surface area (Å²) in [5, 5.41) is 8.53. The molecule has 0 heterocycles. The van der Waals surface area contributed by atoms with Gasteiger partial charge in [-0.2, -0.15) is 0 Å². The summed E-state index contributed by atoms with van der Waals surface area (Å²) in [7, 11) is -4.34. The predicted octanol–water partition coefficient (Wildman–Crippen LogP) is 1.99. The van der Waals surface area contributed by atoms with Gasteiger partial charge in [-0.3, -0.25) is 4.79 Å². The van der Waals surface area contributed by atoms with Gasteiger partial charge in [0.2, 0.25) is 0 Å². The monoisotopic (exact) mass is 384 g/mol. The molecule has 0 fully saturated rings. The van der Waals surface area contributed by atoms with Crippen LogP contribution in [0.5, 0.6) is 0 Å². The van der Waals surface area contributed by atoms with E-state index in [0.29, 0.717) is 25.7 Å². The van der Waals surface area contributed by atoms with Crippen molar-refractivity contribution in [1.29, 1.82) is 0 Å². The molecule has 0 spiro atoms. The first kappa shape index (κ1) is 27.3. The Hall–Kier alpha value is 0.120. The van der Waals surface area contributed by atoms with E-state index in [4.69, 9.17) is 5.11 Å². The molecule has 0 saturated carbocycles. The van der Waals surface area contributed by atoms with Crippen LogP contribution >= 0.6 is 0 Å². The first-order valence-electron chi connectivity index (χ1n) is 9.24. The Morgan fingerprint density at radius 1 is 0.880 bits per heavy atom. The molecular formula is C18H33NaO5S. The third-order valence-corrected chi connectivity index (χ3v) is 5.08. The summed E-state index contributed by atoms with van der Waals surface area (Å²) in [5.41, 5.74) is 0. The fraction of sp³-hybridized carbons (Fsp3) is 0.833. The van der Waals surface area contributed by atoms with Gasteiger partial charge in [-0.15, -0.1) is 0 Å². The third kappa shape index (κ3) is 18.7. The largest absolute Gasteiger partial charge is 1.00 e. The van der Waals surface area contributed by atoms with Crippen LogP contribution in [0.3, 0.4) is 0 Å². The zero-order valence-corrected chi connectivity index (χ0v) is 18.8. The van der Waals surface area contributed by atoms with Crippen LogP contribution in [0.15, 0.2) is 11.0 Å². The molecular weight excluding hydrogens is 351 g/mol.